The van der Waals surface area contributed by atoms with Crippen molar-refractivity contribution in [3.05, 3.63) is 40.9 Å². The molecule has 0 atom stereocenters. The number of carbonyl (C=O) groups is 1. The summed E-state index contributed by atoms with van der Waals surface area (Å²) in [5.41, 5.74) is 1.97. The van der Waals surface area contributed by atoms with E-state index in [1.807, 2.05) is 55.7 Å². The largest absolute Gasteiger partial charge is 0.302 e. The lowest BCUT2D eigenvalue weighted by Crippen LogP contribution is -2.14. The van der Waals surface area contributed by atoms with Gasteiger partial charge in [0, 0.05) is 17.0 Å². The number of carbonyl (C=O) groups excluding carboxylic acids is 1. The van der Waals surface area contributed by atoms with Gasteiger partial charge in [-0.1, -0.05) is 42.1 Å². The second-order valence-corrected chi connectivity index (χ2v) is 7.56. The molecule has 6 nitrogen and oxygen atoms in total. The van der Waals surface area contributed by atoms with Crippen molar-refractivity contribution in [2.24, 2.45) is 0 Å². The van der Waals surface area contributed by atoms with Crippen LogP contribution in [0.5, 0.6) is 0 Å². The van der Waals surface area contributed by atoms with Crippen molar-refractivity contribution in [1.29, 1.82) is 0 Å². The van der Waals surface area contributed by atoms with Gasteiger partial charge in [0.05, 0.1) is 11.4 Å². The van der Waals surface area contributed by atoms with Crippen molar-refractivity contribution >= 4 is 34.1 Å². The second-order valence-electron chi connectivity index (χ2n) is 5.41. The Balaban J connectivity index is 1.67. The second kappa shape index (κ2) is 7.79. The molecule has 0 aliphatic heterocycles. The van der Waals surface area contributed by atoms with Crippen molar-refractivity contribution < 1.29 is 4.79 Å². The lowest BCUT2D eigenvalue weighted by Gasteiger charge is -2.07. The summed E-state index contributed by atoms with van der Waals surface area (Å²) in [6.07, 6.45) is 0. The van der Waals surface area contributed by atoms with Crippen molar-refractivity contribution in [1.82, 2.24) is 19.7 Å². The summed E-state index contributed by atoms with van der Waals surface area (Å²) in [4.78, 5) is 17.6. The van der Waals surface area contributed by atoms with Crippen LogP contribution in [0.2, 0.25) is 0 Å². The first-order valence-corrected chi connectivity index (χ1v) is 9.74. The Morgan fingerprint density at radius 2 is 2.00 bits per heavy atom. The van der Waals surface area contributed by atoms with Gasteiger partial charge in [0.25, 0.3) is 0 Å². The van der Waals surface area contributed by atoms with E-state index in [2.05, 4.69) is 20.5 Å². The van der Waals surface area contributed by atoms with E-state index >= 15 is 0 Å². The zero-order chi connectivity index (χ0) is 17.8. The van der Waals surface area contributed by atoms with Crippen LogP contribution in [0.25, 0.3) is 11.4 Å². The minimum absolute atomic E-state index is 0.0920. The molecular weight excluding hydrogens is 354 g/mol. The maximum Gasteiger partial charge on any atom is 0.236 e. The van der Waals surface area contributed by atoms with Gasteiger partial charge in [0.1, 0.15) is 0 Å². The number of nitrogens with one attached hydrogen (secondary N) is 1. The Hall–Kier alpha value is -2.19. The Bertz CT molecular complexity index is 853. The number of aromatic nitrogens is 4. The molecule has 0 radical (unpaired) electrons. The summed E-state index contributed by atoms with van der Waals surface area (Å²) in [6.45, 7) is 6.71. The minimum Gasteiger partial charge on any atom is -0.302 e. The summed E-state index contributed by atoms with van der Waals surface area (Å²) in [6, 6.07) is 9.93. The van der Waals surface area contributed by atoms with Gasteiger partial charge in [-0.05, 0) is 20.8 Å². The van der Waals surface area contributed by atoms with Crippen molar-refractivity contribution in [2.45, 2.75) is 32.5 Å². The Kier molecular flexibility index (Phi) is 5.50. The third kappa shape index (κ3) is 4.08. The molecule has 0 fully saturated rings. The number of amides is 1. The number of hydrogen-bond donors (Lipinski definition) is 1. The molecule has 130 valence electrons. The zero-order valence-corrected chi connectivity index (χ0v) is 15.9. The molecule has 0 saturated heterocycles. The van der Waals surface area contributed by atoms with E-state index in [0.717, 1.165) is 33.7 Å². The van der Waals surface area contributed by atoms with Gasteiger partial charge in [0.15, 0.2) is 16.1 Å². The molecule has 0 aliphatic carbocycles. The highest BCUT2D eigenvalue weighted by atomic mass is 32.2. The molecule has 0 bridgehead atoms. The van der Waals surface area contributed by atoms with E-state index in [9.17, 15) is 4.79 Å². The molecule has 0 spiro atoms. The van der Waals surface area contributed by atoms with Crippen LogP contribution in [-0.4, -0.2) is 31.4 Å². The van der Waals surface area contributed by atoms with E-state index in [1.165, 1.54) is 23.1 Å². The topological polar surface area (TPSA) is 72.7 Å². The van der Waals surface area contributed by atoms with E-state index in [0.29, 0.717) is 5.13 Å². The van der Waals surface area contributed by atoms with E-state index in [-0.39, 0.29) is 11.7 Å². The lowest BCUT2D eigenvalue weighted by atomic mass is 10.2. The first-order chi connectivity index (χ1) is 12.1. The Morgan fingerprint density at radius 1 is 1.24 bits per heavy atom. The first-order valence-electron chi connectivity index (χ1n) is 7.93. The van der Waals surface area contributed by atoms with Crippen LogP contribution >= 0.6 is 23.1 Å². The monoisotopic (exact) mass is 373 g/mol. The van der Waals surface area contributed by atoms with Crippen molar-refractivity contribution in [3.8, 4) is 11.4 Å². The quantitative estimate of drug-likeness (QED) is 0.666. The molecule has 3 aromatic rings. The molecule has 8 heteroatoms. The average molecular weight is 374 g/mol. The van der Waals surface area contributed by atoms with Gasteiger partial charge in [-0.25, -0.2) is 4.98 Å². The number of hydrogen-bond acceptors (Lipinski definition) is 6. The van der Waals surface area contributed by atoms with Gasteiger partial charge in [-0.3, -0.25) is 4.79 Å². The van der Waals surface area contributed by atoms with Crippen molar-refractivity contribution in [3.63, 3.8) is 0 Å². The third-order valence-electron chi connectivity index (χ3n) is 3.67. The fourth-order valence-electron chi connectivity index (χ4n) is 2.29. The molecule has 0 aliphatic rings. The standard InChI is InChI=1S/C17H19N5OS2/c1-4-22-15(13-8-6-5-7-9-13)20-21-17(22)24-10-14(23)19-16-18-11(2)12(3)25-16/h5-9H,4,10H2,1-3H3,(H,18,19,23). The van der Waals surface area contributed by atoms with Crippen molar-refractivity contribution in [2.75, 3.05) is 11.1 Å². The third-order valence-corrected chi connectivity index (χ3v) is 5.63. The van der Waals surface area contributed by atoms with Crippen LogP contribution in [0.3, 0.4) is 0 Å². The van der Waals surface area contributed by atoms with Crippen LogP contribution in [0.4, 0.5) is 5.13 Å². The van der Waals surface area contributed by atoms with Crippen LogP contribution in [-0.2, 0) is 11.3 Å². The number of thiazole rings is 1. The van der Waals surface area contributed by atoms with Gasteiger partial charge < -0.3 is 9.88 Å². The normalized spacial score (nSPS) is 10.8. The van der Waals surface area contributed by atoms with E-state index < -0.39 is 0 Å². The number of thioether (sulfide) groups is 1. The Morgan fingerprint density at radius 3 is 2.64 bits per heavy atom. The molecule has 1 aromatic carbocycles. The first kappa shape index (κ1) is 17.6. The van der Waals surface area contributed by atoms with E-state index in [1.54, 1.807) is 0 Å². The number of rotatable bonds is 6. The average Bonchev–Trinajstić information content (AvgIpc) is 3.16. The molecule has 0 unspecified atom stereocenters. The highest BCUT2D eigenvalue weighted by molar-refractivity contribution is 7.99. The Labute approximate surface area is 154 Å². The van der Waals surface area contributed by atoms with Gasteiger partial charge in [0.2, 0.25) is 5.91 Å². The highest BCUT2D eigenvalue weighted by Crippen LogP contribution is 2.25. The molecule has 2 heterocycles. The maximum atomic E-state index is 12.2. The molecule has 25 heavy (non-hydrogen) atoms. The van der Waals surface area contributed by atoms with E-state index in [4.69, 9.17) is 0 Å². The molecule has 1 amide bonds. The van der Waals surface area contributed by atoms with Crippen LogP contribution < -0.4 is 5.32 Å². The summed E-state index contributed by atoms with van der Waals surface area (Å²) < 4.78 is 2.02. The zero-order valence-electron chi connectivity index (χ0n) is 14.3. The predicted molar refractivity (Wildman–Crippen MR) is 102 cm³/mol. The fraction of sp³-hybridized carbons (Fsp3) is 0.294. The highest BCUT2D eigenvalue weighted by Gasteiger charge is 2.15. The summed E-state index contributed by atoms with van der Waals surface area (Å²) >= 11 is 2.87. The molecule has 0 saturated carbocycles. The number of benzene rings is 1. The van der Waals surface area contributed by atoms with Crippen LogP contribution in [0.15, 0.2) is 35.5 Å². The van der Waals surface area contributed by atoms with Crippen LogP contribution in [0.1, 0.15) is 17.5 Å². The number of nitrogens with zero attached hydrogens (tertiary/aromatic N) is 4. The summed E-state index contributed by atoms with van der Waals surface area (Å²) in [5, 5.41) is 12.7. The smallest absolute Gasteiger partial charge is 0.236 e. The molecule has 3 rings (SSSR count). The lowest BCUT2D eigenvalue weighted by molar-refractivity contribution is -0.113. The number of aryl methyl sites for hydroxylation is 2. The van der Waals surface area contributed by atoms with Gasteiger partial charge in [-0.2, -0.15) is 0 Å². The van der Waals surface area contributed by atoms with Gasteiger partial charge >= 0.3 is 0 Å². The summed E-state index contributed by atoms with van der Waals surface area (Å²) in [5.74, 6) is 0.993. The minimum atomic E-state index is -0.0920. The maximum absolute atomic E-state index is 12.2. The van der Waals surface area contributed by atoms with Gasteiger partial charge in [-0.15, -0.1) is 21.5 Å². The number of anilines is 1. The fourth-order valence-corrected chi connectivity index (χ4v) is 3.93. The van der Waals surface area contributed by atoms with Crippen LogP contribution in [0, 0.1) is 13.8 Å². The predicted octanol–water partition coefficient (Wildman–Crippen LogP) is 3.77. The molecule has 2 aromatic heterocycles. The summed E-state index contributed by atoms with van der Waals surface area (Å²) in [7, 11) is 0. The SMILES string of the molecule is CCn1c(SCC(=O)Nc2nc(C)c(C)s2)nnc1-c1ccccc1. The molecule has 1 N–H and O–H groups in total. The molecular formula is C17H19N5OS2.